The summed E-state index contributed by atoms with van der Waals surface area (Å²) in [5.41, 5.74) is 7.53. The minimum Gasteiger partial charge on any atom is -0.399 e. The molecule has 8 aromatic rings. The minimum atomic E-state index is -0.478. The fourth-order valence-corrected chi connectivity index (χ4v) is 8.02. The van der Waals surface area contributed by atoms with E-state index in [4.69, 9.17) is 14.3 Å². The van der Waals surface area contributed by atoms with E-state index in [9.17, 15) is 8.78 Å². The zero-order chi connectivity index (χ0) is 45.4. The van der Waals surface area contributed by atoms with E-state index in [-0.39, 0.29) is 23.7 Å². The first-order valence-electron chi connectivity index (χ1n) is 21.1. The van der Waals surface area contributed by atoms with Crippen molar-refractivity contribution in [1.82, 2.24) is 19.9 Å². The predicted molar refractivity (Wildman–Crippen MR) is 256 cm³/mol. The second kappa shape index (κ2) is 19.7. The quantitative estimate of drug-likeness (QED) is 0.112. The van der Waals surface area contributed by atoms with Gasteiger partial charge in [-0.05, 0) is 140 Å². The lowest BCUT2D eigenvalue weighted by atomic mass is 9.70. The minimum absolute atomic E-state index is 0.364. The van der Waals surface area contributed by atoms with Gasteiger partial charge >= 0.3 is 7.12 Å². The van der Waals surface area contributed by atoms with Gasteiger partial charge in [0, 0.05) is 18.0 Å². The molecule has 9 rings (SSSR count). The molecule has 0 amide bonds. The Bertz CT molecular complexity index is 2650. The zero-order valence-corrected chi connectivity index (χ0v) is 38.4. The summed E-state index contributed by atoms with van der Waals surface area (Å²) in [5.74, 6) is -0.937. The van der Waals surface area contributed by atoms with Gasteiger partial charge in [0.25, 0.3) is 0 Å². The third kappa shape index (κ3) is 10.1. The fraction of sp³-hybridized carbons (Fsp3) is 0.185. The summed E-state index contributed by atoms with van der Waals surface area (Å²) in [5, 5.41) is 0. The number of rotatable bonds is 8. The van der Waals surface area contributed by atoms with Gasteiger partial charge in [-0.1, -0.05) is 127 Å². The van der Waals surface area contributed by atoms with Crippen LogP contribution in [0.3, 0.4) is 0 Å². The summed E-state index contributed by atoms with van der Waals surface area (Å²) in [6.07, 6.45) is 3.67. The van der Waals surface area contributed by atoms with E-state index in [1.165, 1.54) is 17.7 Å². The summed E-state index contributed by atoms with van der Waals surface area (Å²) >= 11 is 3.01. The van der Waals surface area contributed by atoms with Gasteiger partial charge < -0.3 is 9.31 Å². The third-order valence-electron chi connectivity index (χ3n) is 12.2. The molecular weight excluding hydrogens is 865 g/mol. The van der Waals surface area contributed by atoms with Gasteiger partial charge in [0.05, 0.1) is 39.1 Å². The van der Waals surface area contributed by atoms with Crippen molar-refractivity contribution < 1.29 is 18.1 Å². The Labute approximate surface area is 384 Å². The Hall–Kier alpha value is -6.20. The van der Waals surface area contributed by atoms with Crippen LogP contribution in [0, 0.1) is 11.9 Å². The van der Waals surface area contributed by atoms with Crippen molar-refractivity contribution in [3.63, 3.8) is 0 Å². The Morgan fingerprint density at radius 3 is 1.41 bits per heavy atom. The molecule has 0 bridgehead atoms. The standard InChI is InChI=1S/C25H28BNO2.C24H19FN2.C5H3BrFN/c1-23(2)24(3,4)29-26(28-23)21-15-11-14-20(18-21)25(5,19-12-7-6-8-13-19)22-16-9-10-17-27-22;1-24(19-10-3-2-4-11-19,22-14-5-6-16-26-22)20-12-7-9-18(17-20)21-13-8-15-23(25)27-21;6-4-2-1-3-5(7)8-4/h6-18H,1-5H3;2-17H,1H3;1-3H. The van der Waals surface area contributed by atoms with Crippen LogP contribution in [0.15, 0.2) is 199 Å². The van der Waals surface area contributed by atoms with Crippen LogP contribution in [-0.2, 0) is 20.1 Å². The molecule has 2 unspecified atom stereocenters. The van der Waals surface area contributed by atoms with Crippen molar-refractivity contribution in [2.45, 2.75) is 63.6 Å². The van der Waals surface area contributed by atoms with Crippen molar-refractivity contribution >= 4 is 28.5 Å². The lowest BCUT2D eigenvalue weighted by molar-refractivity contribution is 0.00578. The number of hydrogen-bond acceptors (Lipinski definition) is 6. The molecule has 10 heteroatoms. The highest BCUT2D eigenvalue weighted by atomic mass is 79.9. The van der Waals surface area contributed by atoms with Crippen molar-refractivity contribution in [2.24, 2.45) is 0 Å². The molecule has 6 nitrogen and oxygen atoms in total. The molecule has 4 aromatic heterocycles. The monoisotopic (exact) mass is 914 g/mol. The molecule has 1 aliphatic heterocycles. The molecule has 0 aliphatic carbocycles. The van der Waals surface area contributed by atoms with E-state index in [1.807, 2.05) is 85.2 Å². The van der Waals surface area contributed by atoms with Gasteiger partial charge in [-0.25, -0.2) is 9.97 Å². The average molecular weight is 916 g/mol. The van der Waals surface area contributed by atoms with Gasteiger partial charge in [0.15, 0.2) is 0 Å². The van der Waals surface area contributed by atoms with Crippen LogP contribution in [0.25, 0.3) is 11.3 Å². The van der Waals surface area contributed by atoms with Crippen molar-refractivity contribution in [3.8, 4) is 11.3 Å². The first kappa shape index (κ1) is 45.8. The van der Waals surface area contributed by atoms with Crippen molar-refractivity contribution in [1.29, 1.82) is 0 Å². The second-order valence-electron chi connectivity index (χ2n) is 16.8. The predicted octanol–water partition coefficient (Wildman–Crippen LogP) is 12.4. The Kier molecular flexibility index (Phi) is 14.1. The average Bonchev–Trinajstić information content (AvgIpc) is 3.55. The maximum absolute atomic E-state index is 13.6. The van der Waals surface area contributed by atoms with Gasteiger partial charge in [-0.3, -0.25) is 9.97 Å². The van der Waals surface area contributed by atoms with E-state index in [1.54, 1.807) is 18.2 Å². The fourth-order valence-electron chi connectivity index (χ4n) is 7.70. The molecule has 0 saturated carbocycles. The van der Waals surface area contributed by atoms with E-state index >= 15 is 0 Å². The molecular formula is C54H50BBrF2N4O2. The number of benzene rings is 4. The first-order chi connectivity index (χ1) is 30.7. The number of nitrogens with zero attached hydrogens (tertiary/aromatic N) is 4. The highest BCUT2D eigenvalue weighted by Crippen LogP contribution is 2.41. The first-order valence-corrected chi connectivity index (χ1v) is 21.9. The Balaban J connectivity index is 0.000000163. The molecule has 322 valence electrons. The molecule has 4 aromatic carbocycles. The van der Waals surface area contributed by atoms with Gasteiger partial charge in [-0.15, -0.1) is 0 Å². The number of halogens is 3. The van der Waals surface area contributed by atoms with Crippen molar-refractivity contribution in [3.05, 3.63) is 245 Å². The maximum atomic E-state index is 13.6. The van der Waals surface area contributed by atoms with Crippen LogP contribution in [0.5, 0.6) is 0 Å². The molecule has 1 aliphatic rings. The molecule has 0 N–H and O–H groups in total. The SMILES string of the molecule is CC(c1ccccc1)(c1cccc(-c2cccc(F)n2)c1)c1ccccn1.CC(c1ccccc1)(c1cccc(B2OC(C)(C)C(C)(C)O2)c1)c1ccccn1.Fc1cccc(Br)n1. The third-order valence-corrected chi connectivity index (χ3v) is 12.6. The molecule has 0 spiro atoms. The Morgan fingerprint density at radius 2 is 0.938 bits per heavy atom. The smallest absolute Gasteiger partial charge is 0.399 e. The molecule has 0 radical (unpaired) electrons. The van der Waals surface area contributed by atoms with Crippen LogP contribution in [-0.4, -0.2) is 38.3 Å². The summed E-state index contributed by atoms with van der Waals surface area (Å²) in [4.78, 5) is 16.8. The molecule has 1 fully saturated rings. The van der Waals surface area contributed by atoms with Crippen LogP contribution in [0.2, 0.25) is 0 Å². The van der Waals surface area contributed by atoms with E-state index in [2.05, 4.69) is 151 Å². The lowest BCUT2D eigenvalue weighted by Gasteiger charge is -2.32. The topological polar surface area (TPSA) is 70.0 Å². The van der Waals surface area contributed by atoms with Gasteiger partial charge in [-0.2, -0.15) is 8.78 Å². The van der Waals surface area contributed by atoms with E-state index < -0.39 is 17.3 Å². The highest BCUT2D eigenvalue weighted by molar-refractivity contribution is 9.10. The van der Waals surface area contributed by atoms with E-state index in [0.29, 0.717) is 10.3 Å². The number of aromatic nitrogens is 4. The summed E-state index contributed by atoms with van der Waals surface area (Å²) in [6, 6.07) is 58.9. The normalized spacial score (nSPS) is 15.6. The summed E-state index contributed by atoms with van der Waals surface area (Å²) in [6.45, 7) is 12.7. The van der Waals surface area contributed by atoms with Crippen LogP contribution in [0.4, 0.5) is 8.78 Å². The lowest BCUT2D eigenvalue weighted by Crippen LogP contribution is -2.41. The highest BCUT2D eigenvalue weighted by Gasteiger charge is 2.52. The molecule has 1 saturated heterocycles. The van der Waals surface area contributed by atoms with Crippen LogP contribution >= 0.6 is 15.9 Å². The van der Waals surface area contributed by atoms with E-state index in [0.717, 1.165) is 39.1 Å². The number of pyridine rings is 4. The molecule has 64 heavy (non-hydrogen) atoms. The van der Waals surface area contributed by atoms with Crippen molar-refractivity contribution in [2.75, 3.05) is 0 Å². The Morgan fingerprint density at radius 1 is 0.484 bits per heavy atom. The van der Waals surface area contributed by atoms with Crippen LogP contribution < -0.4 is 5.46 Å². The molecule has 5 heterocycles. The largest absolute Gasteiger partial charge is 0.494 e. The summed E-state index contributed by atoms with van der Waals surface area (Å²) < 4.78 is 38.7. The zero-order valence-electron chi connectivity index (χ0n) is 36.8. The second-order valence-corrected chi connectivity index (χ2v) is 17.6. The van der Waals surface area contributed by atoms with Gasteiger partial charge in [0.2, 0.25) is 11.9 Å². The van der Waals surface area contributed by atoms with Gasteiger partial charge in [0.1, 0.15) is 4.60 Å². The maximum Gasteiger partial charge on any atom is 0.494 e. The van der Waals surface area contributed by atoms with Crippen LogP contribution in [0.1, 0.15) is 75.2 Å². The summed E-state index contributed by atoms with van der Waals surface area (Å²) in [7, 11) is -0.385. The number of hydrogen-bond donors (Lipinski definition) is 0. The molecule has 2 atom stereocenters.